The number of amides is 1. The van der Waals surface area contributed by atoms with Gasteiger partial charge >= 0.3 is 0 Å². The Hall–Kier alpha value is -2.86. The van der Waals surface area contributed by atoms with Gasteiger partial charge in [0.2, 0.25) is 0 Å². The van der Waals surface area contributed by atoms with Crippen molar-refractivity contribution in [3.8, 4) is 0 Å². The van der Waals surface area contributed by atoms with Crippen molar-refractivity contribution in [2.75, 3.05) is 40.3 Å². The van der Waals surface area contributed by atoms with Gasteiger partial charge in [-0.05, 0) is 44.3 Å². The number of rotatable bonds is 10. The minimum Gasteiger partial charge on any atom is -0.357 e. The zero-order valence-corrected chi connectivity index (χ0v) is 19.5. The lowest BCUT2D eigenvalue weighted by atomic mass is 9.85. The van der Waals surface area contributed by atoms with Crippen LogP contribution in [0.25, 0.3) is 0 Å². The predicted octanol–water partition coefficient (Wildman–Crippen LogP) is 3.01. The van der Waals surface area contributed by atoms with Crippen LogP contribution in [0.15, 0.2) is 59.6 Å². The minimum atomic E-state index is -0.0534. The third kappa shape index (κ3) is 8.42. The Morgan fingerprint density at radius 1 is 1.00 bits per heavy atom. The molecule has 31 heavy (non-hydrogen) atoms. The number of hydrogen-bond acceptors (Lipinski definition) is 3. The highest BCUT2D eigenvalue weighted by atomic mass is 16.1. The molecular weight excluding hydrogens is 386 g/mol. The lowest BCUT2D eigenvalue weighted by Gasteiger charge is -2.26. The first-order valence-electron chi connectivity index (χ1n) is 10.9. The fraction of sp³-hybridized carbons (Fsp3) is 0.440. The molecule has 0 fully saturated rings. The second kappa shape index (κ2) is 12.1. The van der Waals surface area contributed by atoms with Crippen molar-refractivity contribution in [1.29, 1.82) is 0 Å². The van der Waals surface area contributed by atoms with E-state index in [2.05, 4.69) is 61.0 Å². The molecule has 2 aromatic carbocycles. The molecule has 6 heteroatoms. The van der Waals surface area contributed by atoms with Gasteiger partial charge in [0.25, 0.3) is 5.91 Å². The number of aliphatic imine (C=N–C) groups is 1. The van der Waals surface area contributed by atoms with Crippen molar-refractivity contribution in [2.45, 2.75) is 32.7 Å². The first-order valence-corrected chi connectivity index (χ1v) is 10.9. The van der Waals surface area contributed by atoms with E-state index >= 15 is 0 Å². The van der Waals surface area contributed by atoms with Crippen molar-refractivity contribution < 1.29 is 4.79 Å². The van der Waals surface area contributed by atoms with Crippen LogP contribution in [0.3, 0.4) is 0 Å². The molecule has 0 aliphatic carbocycles. The van der Waals surface area contributed by atoms with Crippen LogP contribution in [0.4, 0.5) is 0 Å². The van der Waals surface area contributed by atoms with E-state index in [9.17, 15) is 4.79 Å². The van der Waals surface area contributed by atoms with E-state index in [0.29, 0.717) is 18.7 Å². The number of benzene rings is 2. The van der Waals surface area contributed by atoms with E-state index in [4.69, 9.17) is 4.99 Å². The molecule has 0 bridgehead atoms. The number of nitrogens with one attached hydrogen (secondary N) is 3. The largest absolute Gasteiger partial charge is 0.357 e. The van der Waals surface area contributed by atoms with E-state index in [1.54, 1.807) is 0 Å². The summed E-state index contributed by atoms with van der Waals surface area (Å²) in [6.07, 6.45) is 0. The Morgan fingerprint density at radius 2 is 1.74 bits per heavy atom. The Bertz CT molecular complexity index is 846. The second-order valence-corrected chi connectivity index (χ2v) is 8.56. The van der Waals surface area contributed by atoms with Gasteiger partial charge < -0.3 is 20.9 Å². The molecule has 0 aliphatic heterocycles. The topological polar surface area (TPSA) is 68.8 Å². The molecule has 3 N–H and O–H groups in total. The summed E-state index contributed by atoms with van der Waals surface area (Å²) in [5.41, 5.74) is 2.92. The van der Waals surface area contributed by atoms with Crippen LogP contribution in [0.2, 0.25) is 0 Å². The number of likely N-dealkylation sites (N-methyl/N-ethyl adjacent to an activating group) is 1. The maximum atomic E-state index is 12.4. The van der Waals surface area contributed by atoms with Crippen molar-refractivity contribution in [3.05, 3.63) is 71.3 Å². The molecule has 0 aromatic heterocycles. The number of nitrogens with zero attached hydrogens (tertiary/aromatic N) is 2. The van der Waals surface area contributed by atoms with Gasteiger partial charge in [0.05, 0.1) is 6.54 Å². The molecule has 0 aliphatic rings. The average Bonchev–Trinajstić information content (AvgIpc) is 2.76. The quantitative estimate of drug-likeness (QED) is 0.406. The van der Waals surface area contributed by atoms with Crippen LogP contribution in [0, 0.1) is 0 Å². The predicted molar refractivity (Wildman–Crippen MR) is 130 cm³/mol. The maximum absolute atomic E-state index is 12.4. The molecule has 0 spiro atoms. The first-order chi connectivity index (χ1) is 14.8. The number of carbonyl (C=O) groups excluding carboxylic acids is 1. The Balaban J connectivity index is 1.99. The van der Waals surface area contributed by atoms with Gasteiger partial charge in [0.15, 0.2) is 5.96 Å². The molecule has 0 atom stereocenters. The summed E-state index contributed by atoms with van der Waals surface area (Å²) in [7, 11) is 3.98. The maximum Gasteiger partial charge on any atom is 0.251 e. The summed E-state index contributed by atoms with van der Waals surface area (Å²) >= 11 is 0. The van der Waals surface area contributed by atoms with Crippen LogP contribution in [-0.4, -0.2) is 57.0 Å². The summed E-state index contributed by atoms with van der Waals surface area (Å²) in [6, 6.07) is 18.1. The van der Waals surface area contributed by atoms with Gasteiger partial charge in [-0.1, -0.05) is 56.3 Å². The Kier molecular flexibility index (Phi) is 9.53. The van der Waals surface area contributed by atoms with Gasteiger partial charge in [-0.2, -0.15) is 0 Å². The molecule has 6 nitrogen and oxygen atoms in total. The van der Waals surface area contributed by atoms with Gasteiger partial charge in [-0.25, -0.2) is 4.99 Å². The number of guanidine groups is 1. The van der Waals surface area contributed by atoms with Gasteiger partial charge in [0, 0.05) is 37.2 Å². The van der Waals surface area contributed by atoms with Crippen LogP contribution < -0.4 is 16.0 Å². The third-order valence-corrected chi connectivity index (χ3v) is 5.05. The lowest BCUT2D eigenvalue weighted by molar-refractivity contribution is 0.0951. The normalized spacial score (nSPS) is 12.0. The van der Waals surface area contributed by atoms with Crippen molar-refractivity contribution in [1.82, 2.24) is 20.9 Å². The van der Waals surface area contributed by atoms with E-state index < -0.39 is 0 Å². The van der Waals surface area contributed by atoms with Gasteiger partial charge in [-0.15, -0.1) is 0 Å². The summed E-state index contributed by atoms with van der Waals surface area (Å²) in [5, 5.41) is 9.72. The molecule has 0 saturated heterocycles. The van der Waals surface area contributed by atoms with Crippen molar-refractivity contribution >= 4 is 11.9 Å². The smallest absolute Gasteiger partial charge is 0.251 e. The van der Waals surface area contributed by atoms with E-state index in [1.165, 1.54) is 5.56 Å². The van der Waals surface area contributed by atoms with E-state index in [1.807, 2.05) is 49.3 Å². The first kappa shape index (κ1) is 24.4. The van der Waals surface area contributed by atoms with Crippen LogP contribution >= 0.6 is 0 Å². The molecule has 0 heterocycles. The molecule has 2 rings (SSSR count). The van der Waals surface area contributed by atoms with Crippen LogP contribution in [0.5, 0.6) is 0 Å². The molecule has 0 unspecified atom stereocenters. The summed E-state index contributed by atoms with van der Waals surface area (Å²) < 4.78 is 0. The zero-order valence-electron chi connectivity index (χ0n) is 19.5. The SMILES string of the molecule is CCNC(=NCc1cccc(C(=O)NCCN(C)C)c1)NCC(C)(C)c1ccccc1. The molecule has 0 radical (unpaired) electrons. The molecule has 1 amide bonds. The van der Waals surface area contributed by atoms with Crippen LogP contribution in [0.1, 0.15) is 42.3 Å². The second-order valence-electron chi connectivity index (χ2n) is 8.56. The zero-order chi connectivity index (χ0) is 22.7. The fourth-order valence-corrected chi connectivity index (χ4v) is 3.11. The lowest BCUT2D eigenvalue weighted by Crippen LogP contribution is -2.43. The Morgan fingerprint density at radius 3 is 2.42 bits per heavy atom. The van der Waals surface area contributed by atoms with Gasteiger partial charge in [0.1, 0.15) is 0 Å². The van der Waals surface area contributed by atoms with Gasteiger partial charge in [-0.3, -0.25) is 4.79 Å². The average molecular weight is 424 g/mol. The number of carbonyl (C=O) groups is 1. The van der Waals surface area contributed by atoms with Crippen LogP contribution in [-0.2, 0) is 12.0 Å². The highest BCUT2D eigenvalue weighted by Crippen LogP contribution is 2.21. The Labute approximate surface area is 187 Å². The molecule has 0 saturated carbocycles. The number of hydrogen-bond donors (Lipinski definition) is 3. The molecular formula is C25H37N5O. The molecule has 2 aromatic rings. The summed E-state index contributed by atoms with van der Waals surface area (Å²) in [6.45, 7) is 9.97. The summed E-state index contributed by atoms with van der Waals surface area (Å²) in [4.78, 5) is 19.1. The fourth-order valence-electron chi connectivity index (χ4n) is 3.11. The van der Waals surface area contributed by atoms with Crippen molar-refractivity contribution in [2.24, 2.45) is 4.99 Å². The van der Waals surface area contributed by atoms with E-state index in [0.717, 1.165) is 31.2 Å². The highest BCUT2D eigenvalue weighted by molar-refractivity contribution is 5.94. The summed E-state index contributed by atoms with van der Waals surface area (Å²) in [5.74, 6) is 0.717. The monoisotopic (exact) mass is 423 g/mol. The molecule has 168 valence electrons. The van der Waals surface area contributed by atoms with E-state index in [-0.39, 0.29) is 11.3 Å². The van der Waals surface area contributed by atoms with Crippen molar-refractivity contribution in [3.63, 3.8) is 0 Å². The minimum absolute atomic E-state index is 0.0258. The highest BCUT2D eigenvalue weighted by Gasteiger charge is 2.20. The standard InChI is InChI=1S/C25H37N5O/c1-6-26-24(29-19-25(2,3)22-13-8-7-9-14-22)28-18-20-11-10-12-21(17-20)23(31)27-15-16-30(4)5/h7-14,17H,6,15-16,18-19H2,1-5H3,(H,27,31)(H2,26,28,29). The third-order valence-electron chi connectivity index (χ3n) is 5.05.